The van der Waals surface area contributed by atoms with Gasteiger partial charge in [0.15, 0.2) is 6.54 Å². The van der Waals surface area contributed by atoms with Crippen LogP contribution in [0.3, 0.4) is 0 Å². The molecule has 0 fully saturated rings. The van der Waals surface area contributed by atoms with Crippen molar-refractivity contribution in [2.24, 2.45) is 0 Å². The van der Waals surface area contributed by atoms with Crippen LogP contribution in [-0.2, 0) is 4.79 Å². The summed E-state index contributed by atoms with van der Waals surface area (Å²) in [5, 5.41) is 9.03. The van der Waals surface area contributed by atoms with E-state index >= 15 is 0 Å². The van der Waals surface area contributed by atoms with Gasteiger partial charge < -0.3 is 10.6 Å². The van der Waals surface area contributed by atoms with E-state index in [9.17, 15) is 9.59 Å². The first kappa shape index (κ1) is 20.1. The standard InChI is InChI=1S/C20H27N3O2S/c1-4-11-21-20(25)23-18(24)13-22-19(17-6-5-12-26-17)16-9-7-15(8-10-16)14(2)3/h5-10,12,14,19,22H,4,11,13H2,1-3H3,(H2,21,23,24,25)/p+1/t19-/m1/s1. The van der Waals surface area contributed by atoms with Gasteiger partial charge in [-0.15, -0.1) is 11.3 Å². The maximum Gasteiger partial charge on any atom is 0.321 e. The zero-order chi connectivity index (χ0) is 18.9. The molecule has 26 heavy (non-hydrogen) atoms. The van der Waals surface area contributed by atoms with Crippen molar-refractivity contribution >= 4 is 23.3 Å². The molecule has 0 saturated carbocycles. The predicted octanol–water partition coefficient (Wildman–Crippen LogP) is 2.76. The number of quaternary nitrogens is 1. The predicted molar refractivity (Wildman–Crippen MR) is 105 cm³/mol. The summed E-state index contributed by atoms with van der Waals surface area (Å²) in [6, 6.07) is 12.2. The van der Waals surface area contributed by atoms with E-state index < -0.39 is 6.03 Å². The Morgan fingerprint density at radius 2 is 1.81 bits per heavy atom. The molecule has 0 spiro atoms. The van der Waals surface area contributed by atoms with E-state index in [1.54, 1.807) is 11.3 Å². The van der Waals surface area contributed by atoms with E-state index in [1.165, 1.54) is 10.4 Å². The van der Waals surface area contributed by atoms with Crippen LogP contribution in [0.1, 0.15) is 55.2 Å². The zero-order valence-electron chi connectivity index (χ0n) is 15.6. The Morgan fingerprint density at radius 1 is 1.12 bits per heavy atom. The number of amides is 3. The molecule has 0 aliphatic heterocycles. The molecule has 0 aliphatic rings. The van der Waals surface area contributed by atoms with E-state index in [4.69, 9.17) is 0 Å². The lowest BCUT2D eigenvalue weighted by Crippen LogP contribution is -2.87. The number of carbonyl (C=O) groups is 2. The van der Waals surface area contributed by atoms with Crippen molar-refractivity contribution in [2.45, 2.75) is 39.2 Å². The van der Waals surface area contributed by atoms with Gasteiger partial charge in [-0.05, 0) is 29.3 Å². The van der Waals surface area contributed by atoms with Crippen LogP contribution in [-0.4, -0.2) is 25.0 Å². The van der Waals surface area contributed by atoms with Crippen molar-refractivity contribution in [3.63, 3.8) is 0 Å². The van der Waals surface area contributed by atoms with Gasteiger partial charge in [-0.1, -0.05) is 51.1 Å². The Balaban J connectivity index is 2.02. The average molecular weight is 375 g/mol. The summed E-state index contributed by atoms with van der Waals surface area (Å²) in [6.07, 6.45) is 0.834. The molecule has 2 aromatic rings. The quantitative estimate of drug-likeness (QED) is 0.665. The van der Waals surface area contributed by atoms with Crippen molar-refractivity contribution in [3.8, 4) is 0 Å². The summed E-state index contributed by atoms with van der Waals surface area (Å²) < 4.78 is 0. The monoisotopic (exact) mass is 374 g/mol. The second kappa shape index (κ2) is 10.1. The van der Waals surface area contributed by atoms with Gasteiger partial charge in [-0.2, -0.15) is 0 Å². The van der Waals surface area contributed by atoms with Crippen molar-refractivity contribution < 1.29 is 14.9 Å². The third-order valence-corrected chi connectivity index (χ3v) is 5.09. The molecule has 140 valence electrons. The van der Waals surface area contributed by atoms with Gasteiger partial charge in [0.1, 0.15) is 6.04 Å². The molecule has 0 saturated heterocycles. The first-order valence-corrected chi connectivity index (χ1v) is 9.93. The summed E-state index contributed by atoms with van der Waals surface area (Å²) in [4.78, 5) is 24.9. The van der Waals surface area contributed by atoms with Gasteiger partial charge in [0.2, 0.25) is 0 Å². The van der Waals surface area contributed by atoms with Gasteiger partial charge in [0.25, 0.3) is 5.91 Å². The number of nitrogens with two attached hydrogens (primary N) is 1. The van der Waals surface area contributed by atoms with Gasteiger partial charge in [-0.3, -0.25) is 10.1 Å². The second-order valence-corrected chi connectivity index (χ2v) is 7.54. The highest BCUT2D eigenvalue weighted by molar-refractivity contribution is 7.10. The maximum absolute atomic E-state index is 12.1. The topological polar surface area (TPSA) is 74.8 Å². The normalized spacial score (nSPS) is 12.0. The maximum atomic E-state index is 12.1. The molecule has 1 atom stereocenters. The zero-order valence-corrected chi connectivity index (χ0v) is 16.4. The number of carbonyl (C=O) groups excluding carboxylic acids is 2. The first-order valence-electron chi connectivity index (χ1n) is 9.05. The van der Waals surface area contributed by atoms with Gasteiger partial charge in [0, 0.05) is 12.1 Å². The molecule has 6 heteroatoms. The Labute approximate surface area is 159 Å². The van der Waals surface area contributed by atoms with E-state index in [2.05, 4.69) is 54.8 Å². The van der Waals surface area contributed by atoms with E-state index in [0.717, 1.165) is 12.0 Å². The van der Waals surface area contributed by atoms with E-state index in [0.29, 0.717) is 12.5 Å². The lowest BCUT2D eigenvalue weighted by molar-refractivity contribution is -0.676. The Kier molecular flexibility index (Phi) is 7.81. The van der Waals surface area contributed by atoms with Crippen LogP contribution in [0.25, 0.3) is 0 Å². The molecule has 5 nitrogen and oxygen atoms in total. The summed E-state index contributed by atoms with van der Waals surface area (Å²) in [5.74, 6) is 0.194. The number of hydrogen-bond donors (Lipinski definition) is 3. The molecule has 0 bridgehead atoms. The summed E-state index contributed by atoms with van der Waals surface area (Å²) in [6.45, 7) is 7.06. The Bertz CT molecular complexity index is 696. The number of thiophene rings is 1. The van der Waals surface area contributed by atoms with Gasteiger partial charge in [0.05, 0.1) is 4.88 Å². The molecule has 1 aromatic heterocycles. The summed E-state index contributed by atoms with van der Waals surface area (Å²) >= 11 is 1.67. The minimum absolute atomic E-state index is 0.0423. The first-order chi connectivity index (χ1) is 12.5. The van der Waals surface area contributed by atoms with Gasteiger partial charge >= 0.3 is 6.03 Å². The highest BCUT2D eigenvalue weighted by Gasteiger charge is 2.21. The lowest BCUT2D eigenvalue weighted by Gasteiger charge is -2.16. The number of rotatable bonds is 8. The smallest absolute Gasteiger partial charge is 0.321 e. The number of hydrogen-bond acceptors (Lipinski definition) is 3. The van der Waals surface area contributed by atoms with Crippen LogP contribution in [0.2, 0.25) is 0 Å². The summed E-state index contributed by atoms with van der Waals surface area (Å²) in [5.41, 5.74) is 2.45. The van der Waals surface area contributed by atoms with Crippen molar-refractivity contribution in [3.05, 3.63) is 57.8 Å². The van der Waals surface area contributed by atoms with Crippen LogP contribution in [0.4, 0.5) is 4.79 Å². The van der Waals surface area contributed by atoms with Crippen LogP contribution in [0, 0.1) is 0 Å². The largest absolute Gasteiger partial charge is 0.338 e. The fourth-order valence-corrected chi connectivity index (χ4v) is 3.51. The third-order valence-electron chi connectivity index (χ3n) is 4.14. The molecule has 0 unspecified atom stereocenters. The van der Waals surface area contributed by atoms with Crippen LogP contribution < -0.4 is 16.0 Å². The molecular formula is C20H28N3O2S+. The van der Waals surface area contributed by atoms with Crippen molar-refractivity contribution in [1.29, 1.82) is 0 Å². The Hall–Kier alpha value is -2.18. The minimum atomic E-state index is -0.431. The molecule has 1 heterocycles. The highest BCUT2D eigenvalue weighted by atomic mass is 32.1. The van der Waals surface area contributed by atoms with E-state index in [1.807, 2.05) is 23.7 Å². The second-order valence-electron chi connectivity index (χ2n) is 6.56. The third kappa shape index (κ3) is 5.97. The lowest BCUT2D eigenvalue weighted by atomic mass is 9.98. The van der Waals surface area contributed by atoms with Crippen LogP contribution >= 0.6 is 11.3 Å². The number of urea groups is 1. The fraction of sp³-hybridized carbons (Fsp3) is 0.400. The molecule has 2 rings (SSSR count). The van der Waals surface area contributed by atoms with Crippen molar-refractivity contribution in [1.82, 2.24) is 10.6 Å². The Morgan fingerprint density at radius 3 is 2.38 bits per heavy atom. The summed E-state index contributed by atoms with van der Waals surface area (Å²) in [7, 11) is 0. The van der Waals surface area contributed by atoms with Gasteiger partial charge in [-0.25, -0.2) is 4.79 Å². The molecule has 0 radical (unpaired) electrons. The highest BCUT2D eigenvalue weighted by Crippen LogP contribution is 2.24. The van der Waals surface area contributed by atoms with Crippen molar-refractivity contribution in [2.75, 3.05) is 13.1 Å². The number of benzene rings is 1. The average Bonchev–Trinajstić information content (AvgIpc) is 3.15. The van der Waals surface area contributed by atoms with Crippen LogP contribution in [0.5, 0.6) is 0 Å². The number of nitrogens with one attached hydrogen (secondary N) is 2. The SMILES string of the molecule is CCCNC(=O)NC(=O)C[NH2+][C@H](c1ccc(C(C)C)cc1)c1cccs1. The molecule has 1 aromatic carbocycles. The van der Waals surface area contributed by atoms with Crippen LogP contribution in [0.15, 0.2) is 41.8 Å². The molecular weight excluding hydrogens is 346 g/mol. The molecule has 3 amide bonds. The fourth-order valence-electron chi connectivity index (χ4n) is 2.66. The number of imide groups is 1. The minimum Gasteiger partial charge on any atom is -0.338 e. The molecule has 0 aliphatic carbocycles. The van der Waals surface area contributed by atoms with E-state index in [-0.39, 0.29) is 18.5 Å². The molecule has 4 N–H and O–H groups in total.